The minimum Gasteiger partial charge on any atom is -0.288 e. The average molecular weight is 236 g/mol. The Balaban J connectivity index is 0. The maximum absolute atomic E-state index is 10.7. The Labute approximate surface area is 97.7 Å². The highest BCUT2D eigenvalue weighted by Gasteiger charge is 2.10. The third-order valence-corrected chi connectivity index (χ3v) is 2.11. The summed E-state index contributed by atoms with van der Waals surface area (Å²) < 4.78 is 0. The molecule has 0 aliphatic carbocycles. The first-order valence-electron chi connectivity index (χ1n) is 4.87. The molecule has 0 saturated carbocycles. The summed E-state index contributed by atoms with van der Waals surface area (Å²) in [6.45, 7) is 5.56. The first kappa shape index (κ1) is 16.5. The number of carbonyl (C=O) groups excluding carboxylic acids is 2. The Bertz CT molecular complexity index is 166. The molecule has 1 atom stereocenters. The van der Waals surface area contributed by atoms with E-state index in [0.29, 0.717) is 0 Å². The van der Waals surface area contributed by atoms with Crippen molar-refractivity contribution in [3.05, 3.63) is 0 Å². The fraction of sp³-hybridized carbons (Fsp3) is 0.800. The Morgan fingerprint density at radius 1 is 1.21 bits per heavy atom. The van der Waals surface area contributed by atoms with Gasteiger partial charge in [0.05, 0.1) is 0 Å². The third-order valence-electron chi connectivity index (χ3n) is 1.75. The smallest absolute Gasteiger partial charge is 0.188 e. The number of thiol groups is 2. The lowest BCUT2D eigenvalue weighted by atomic mass is 10.0. The topological polar surface area (TPSA) is 34.1 Å². The van der Waals surface area contributed by atoms with Crippen LogP contribution in [0.5, 0.6) is 0 Å². The van der Waals surface area contributed by atoms with Crippen molar-refractivity contribution in [2.24, 2.45) is 5.92 Å². The summed E-state index contributed by atoms with van der Waals surface area (Å²) in [6.07, 6.45) is 4.25. The van der Waals surface area contributed by atoms with Crippen LogP contribution in [0, 0.1) is 5.92 Å². The zero-order chi connectivity index (χ0) is 11.6. The zero-order valence-corrected chi connectivity index (χ0v) is 10.9. The van der Waals surface area contributed by atoms with Gasteiger partial charge in [-0.25, -0.2) is 0 Å². The highest BCUT2D eigenvalue weighted by Crippen LogP contribution is 2.14. The van der Waals surface area contributed by atoms with Crippen molar-refractivity contribution < 1.29 is 9.59 Å². The van der Waals surface area contributed by atoms with E-state index in [1.165, 1.54) is 6.92 Å². The van der Waals surface area contributed by atoms with E-state index in [1.807, 2.05) is 6.92 Å². The van der Waals surface area contributed by atoms with Gasteiger partial charge in [0, 0.05) is 12.8 Å². The molecule has 0 saturated heterocycles. The highest BCUT2D eigenvalue weighted by atomic mass is 32.1. The minimum atomic E-state index is -0.139. The van der Waals surface area contributed by atoms with Gasteiger partial charge >= 0.3 is 0 Å². The maximum atomic E-state index is 10.7. The molecular weight excluding hydrogens is 216 g/mol. The third kappa shape index (κ3) is 14.6. The lowest BCUT2D eigenvalue weighted by Crippen LogP contribution is -2.06. The van der Waals surface area contributed by atoms with Gasteiger partial charge in [-0.05, 0) is 12.8 Å². The zero-order valence-electron chi connectivity index (χ0n) is 9.12. The van der Waals surface area contributed by atoms with Crippen LogP contribution in [0.3, 0.4) is 0 Å². The van der Waals surface area contributed by atoms with Crippen LogP contribution in [0.15, 0.2) is 0 Å². The van der Waals surface area contributed by atoms with Gasteiger partial charge in [0.2, 0.25) is 0 Å². The molecule has 2 nitrogen and oxygen atoms in total. The number of carbonyl (C=O) groups is 2. The van der Waals surface area contributed by atoms with E-state index in [0.717, 1.165) is 25.7 Å². The molecule has 14 heavy (non-hydrogen) atoms. The molecule has 0 bridgehead atoms. The summed E-state index contributed by atoms with van der Waals surface area (Å²) in [4.78, 5) is 20.1. The van der Waals surface area contributed by atoms with E-state index in [-0.39, 0.29) is 16.1 Å². The molecule has 0 aromatic carbocycles. The van der Waals surface area contributed by atoms with E-state index in [1.54, 1.807) is 0 Å². The largest absolute Gasteiger partial charge is 0.288 e. The van der Waals surface area contributed by atoms with Gasteiger partial charge in [0.15, 0.2) is 10.2 Å². The Hall–Kier alpha value is 0.0400. The lowest BCUT2D eigenvalue weighted by molar-refractivity contribution is -0.114. The van der Waals surface area contributed by atoms with Crippen LogP contribution >= 0.6 is 25.3 Å². The first-order valence-corrected chi connectivity index (χ1v) is 5.77. The van der Waals surface area contributed by atoms with Gasteiger partial charge < -0.3 is 0 Å². The van der Waals surface area contributed by atoms with E-state index in [2.05, 4.69) is 32.2 Å². The standard InChI is InChI=1S/C8H16OS.C2H4OS/c1-3-5-6-7(4-2)8(9)10;1-2(3)4/h7H,3-6H2,1-2H3,(H,9,10);1H3,(H,3,4). The molecule has 0 rings (SSSR count). The van der Waals surface area contributed by atoms with Crippen molar-refractivity contribution in [1.82, 2.24) is 0 Å². The summed E-state index contributed by atoms with van der Waals surface area (Å²) in [6, 6.07) is 0. The van der Waals surface area contributed by atoms with Crippen molar-refractivity contribution in [3.8, 4) is 0 Å². The molecule has 0 radical (unpaired) electrons. The van der Waals surface area contributed by atoms with Gasteiger partial charge in [-0.3, -0.25) is 9.59 Å². The molecule has 1 unspecified atom stereocenters. The van der Waals surface area contributed by atoms with Crippen molar-refractivity contribution in [2.75, 3.05) is 0 Å². The Morgan fingerprint density at radius 2 is 1.64 bits per heavy atom. The summed E-state index contributed by atoms with van der Waals surface area (Å²) in [5.74, 6) is 0.197. The molecule has 0 amide bonds. The summed E-state index contributed by atoms with van der Waals surface area (Å²) in [5.41, 5.74) is 0. The fourth-order valence-electron chi connectivity index (χ4n) is 0.953. The average Bonchev–Trinajstić information content (AvgIpc) is 2.04. The van der Waals surface area contributed by atoms with Crippen molar-refractivity contribution in [1.29, 1.82) is 0 Å². The van der Waals surface area contributed by atoms with Crippen molar-refractivity contribution in [3.63, 3.8) is 0 Å². The summed E-state index contributed by atoms with van der Waals surface area (Å²) >= 11 is 7.13. The quantitative estimate of drug-likeness (QED) is 0.719. The molecule has 0 spiro atoms. The van der Waals surface area contributed by atoms with E-state index >= 15 is 0 Å². The monoisotopic (exact) mass is 236 g/mol. The molecule has 84 valence electrons. The van der Waals surface area contributed by atoms with Crippen LogP contribution in [0.2, 0.25) is 0 Å². The van der Waals surface area contributed by atoms with Gasteiger partial charge in [0.1, 0.15) is 0 Å². The number of hydrogen-bond donors (Lipinski definition) is 2. The summed E-state index contributed by atoms with van der Waals surface area (Å²) in [7, 11) is 0. The molecule has 0 aliphatic rings. The second-order valence-electron chi connectivity index (χ2n) is 3.10. The lowest BCUT2D eigenvalue weighted by Gasteiger charge is -2.07. The second kappa shape index (κ2) is 11.1. The fourth-order valence-corrected chi connectivity index (χ4v) is 1.26. The first-order chi connectivity index (χ1) is 6.45. The normalized spacial score (nSPS) is 11.2. The minimum absolute atomic E-state index is 0.0518. The van der Waals surface area contributed by atoms with Crippen LogP contribution in [-0.2, 0) is 9.59 Å². The number of rotatable bonds is 5. The molecule has 4 heteroatoms. The summed E-state index contributed by atoms with van der Waals surface area (Å²) in [5, 5.41) is -0.0871. The second-order valence-corrected chi connectivity index (χ2v) is 4.18. The molecule has 0 fully saturated rings. The van der Waals surface area contributed by atoms with Crippen molar-refractivity contribution in [2.45, 2.75) is 46.5 Å². The molecule has 0 aliphatic heterocycles. The SMILES string of the molecule is CC(=O)S.CCCCC(CC)C(=O)S. The van der Waals surface area contributed by atoms with Crippen LogP contribution in [0.4, 0.5) is 0 Å². The molecule has 0 heterocycles. The van der Waals surface area contributed by atoms with Crippen LogP contribution in [0.25, 0.3) is 0 Å². The predicted octanol–water partition coefficient (Wildman–Crippen LogP) is 3.12. The Kier molecular flexibility index (Phi) is 13.1. The van der Waals surface area contributed by atoms with Gasteiger partial charge in [-0.2, -0.15) is 0 Å². The molecule has 0 N–H and O–H groups in total. The Morgan fingerprint density at radius 3 is 1.86 bits per heavy atom. The molecule has 0 aromatic rings. The highest BCUT2D eigenvalue weighted by molar-refractivity contribution is 7.96. The molecule has 0 aromatic heterocycles. The van der Waals surface area contributed by atoms with Crippen LogP contribution in [-0.4, -0.2) is 10.2 Å². The van der Waals surface area contributed by atoms with Gasteiger partial charge in [0.25, 0.3) is 0 Å². The van der Waals surface area contributed by atoms with E-state index < -0.39 is 0 Å². The van der Waals surface area contributed by atoms with Crippen molar-refractivity contribution >= 4 is 35.5 Å². The van der Waals surface area contributed by atoms with E-state index in [9.17, 15) is 9.59 Å². The van der Waals surface area contributed by atoms with Gasteiger partial charge in [-0.1, -0.05) is 26.7 Å². The van der Waals surface area contributed by atoms with Gasteiger partial charge in [-0.15, -0.1) is 25.3 Å². The van der Waals surface area contributed by atoms with Crippen LogP contribution < -0.4 is 0 Å². The predicted molar refractivity (Wildman–Crippen MR) is 67.0 cm³/mol. The van der Waals surface area contributed by atoms with E-state index in [4.69, 9.17) is 0 Å². The maximum Gasteiger partial charge on any atom is 0.188 e. The number of hydrogen-bond acceptors (Lipinski definition) is 2. The molecular formula is C10H20O2S2. The number of unbranched alkanes of at least 4 members (excludes halogenated alkanes) is 1. The van der Waals surface area contributed by atoms with Crippen LogP contribution in [0.1, 0.15) is 46.5 Å².